The van der Waals surface area contributed by atoms with E-state index in [9.17, 15) is 13.2 Å². The number of nitriles is 1. The van der Waals surface area contributed by atoms with Crippen LogP contribution in [-0.4, -0.2) is 39.4 Å². The minimum absolute atomic E-state index is 0.183. The SMILES string of the molecule is CCNS(=O)(=O)c1ccc(/C=C/C(=O)N(C)C[C@@H](C)C#N)cc1. The van der Waals surface area contributed by atoms with E-state index in [2.05, 4.69) is 10.8 Å². The number of benzene rings is 1. The molecule has 0 saturated heterocycles. The maximum atomic E-state index is 11.9. The fourth-order valence-corrected chi connectivity index (χ4v) is 2.91. The third-order valence-corrected chi connectivity index (χ3v) is 4.65. The Hall–Kier alpha value is -2.17. The van der Waals surface area contributed by atoms with Gasteiger partial charge in [-0.15, -0.1) is 0 Å². The molecule has 1 atom stereocenters. The molecule has 7 heteroatoms. The predicted octanol–water partition coefficient (Wildman–Crippen LogP) is 1.62. The summed E-state index contributed by atoms with van der Waals surface area (Å²) in [5, 5.41) is 8.74. The van der Waals surface area contributed by atoms with Crippen molar-refractivity contribution in [2.24, 2.45) is 5.92 Å². The highest BCUT2D eigenvalue weighted by Gasteiger charge is 2.12. The van der Waals surface area contributed by atoms with Crippen LogP contribution >= 0.6 is 0 Å². The normalized spacial score (nSPS) is 12.8. The Balaban J connectivity index is 2.75. The van der Waals surface area contributed by atoms with Crippen molar-refractivity contribution < 1.29 is 13.2 Å². The number of hydrogen-bond acceptors (Lipinski definition) is 4. The third kappa shape index (κ3) is 5.85. The number of nitrogens with one attached hydrogen (secondary N) is 1. The Morgan fingerprint density at radius 3 is 2.52 bits per heavy atom. The lowest BCUT2D eigenvalue weighted by atomic mass is 10.2. The van der Waals surface area contributed by atoms with Gasteiger partial charge < -0.3 is 4.90 Å². The van der Waals surface area contributed by atoms with Gasteiger partial charge in [0.15, 0.2) is 0 Å². The smallest absolute Gasteiger partial charge is 0.246 e. The predicted molar refractivity (Wildman–Crippen MR) is 88.8 cm³/mol. The molecule has 0 aliphatic rings. The summed E-state index contributed by atoms with van der Waals surface area (Å²) in [6.07, 6.45) is 3.01. The molecule has 1 aromatic rings. The molecule has 0 heterocycles. The fraction of sp³-hybridized carbons (Fsp3) is 0.375. The summed E-state index contributed by atoms with van der Waals surface area (Å²) < 4.78 is 26.0. The average molecular weight is 335 g/mol. The van der Waals surface area contributed by atoms with Gasteiger partial charge in [0.05, 0.1) is 16.9 Å². The van der Waals surface area contributed by atoms with Crippen LogP contribution in [0.5, 0.6) is 0 Å². The Kier molecular flexibility index (Phi) is 6.94. The van der Waals surface area contributed by atoms with Crippen LogP contribution < -0.4 is 4.72 Å². The van der Waals surface area contributed by atoms with Gasteiger partial charge in [0, 0.05) is 26.2 Å². The summed E-state index contributed by atoms with van der Waals surface area (Å²) in [5.41, 5.74) is 0.718. The molecule has 1 rings (SSSR count). The van der Waals surface area contributed by atoms with E-state index in [1.54, 1.807) is 39.1 Å². The van der Waals surface area contributed by atoms with Gasteiger partial charge in [-0.05, 0) is 30.7 Å². The standard InChI is InChI=1S/C16H21N3O3S/c1-4-18-23(21,22)15-8-5-14(6-9-15)7-10-16(20)19(3)12-13(2)11-17/h5-10,13,18H,4,12H2,1-3H3/b10-7+/t13-/m0/s1. The van der Waals surface area contributed by atoms with Crippen molar-refractivity contribution in [3.8, 4) is 6.07 Å². The zero-order valence-corrected chi connectivity index (χ0v) is 14.3. The number of likely N-dealkylation sites (N-methyl/N-ethyl adjacent to an activating group) is 1. The van der Waals surface area contributed by atoms with Crippen LogP contribution in [0.15, 0.2) is 35.2 Å². The van der Waals surface area contributed by atoms with E-state index in [1.165, 1.54) is 23.1 Å². The lowest BCUT2D eigenvalue weighted by molar-refractivity contribution is -0.125. The van der Waals surface area contributed by atoms with Crippen molar-refractivity contribution >= 4 is 22.0 Å². The van der Waals surface area contributed by atoms with Crippen molar-refractivity contribution in [1.29, 1.82) is 5.26 Å². The molecule has 0 unspecified atom stereocenters. The summed E-state index contributed by atoms with van der Waals surface area (Å²) in [6.45, 7) is 4.15. The van der Waals surface area contributed by atoms with Gasteiger partial charge in [-0.2, -0.15) is 5.26 Å². The van der Waals surface area contributed by atoms with Gasteiger partial charge in [-0.25, -0.2) is 13.1 Å². The second-order valence-electron chi connectivity index (χ2n) is 5.15. The molecule has 1 N–H and O–H groups in total. The molecular formula is C16H21N3O3S. The Morgan fingerprint density at radius 2 is 2.00 bits per heavy atom. The zero-order valence-electron chi connectivity index (χ0n) is 13.5. The molecule has 0 bridgehead atoms. The largest absolute Gasteiger partial charge is 0.341 e. The first-order valence-electron chi connectivity index (χ1n) is 7.22. The van der Waals surface area contributed by atoms with Crippen LogP contribution in [0.1, 0.15) is 19.4 Å². The van der Waals surface area contributed by atoms with E-state index in [0.29, 0.717) is 13.1 Å². The van der Waals surface area contributed by atoms with E-state index < -0.39 is 10.0 Å². The highest BCUT2D eigenvalue weighted by atomic mass is 32.2. The Bertz CT molecular complexity index is 703. The minimum atomic E-state index is -3.47. The van der Waals surface area contributed by atoms with Gasteiger partial charge >= 0.3 is 0 Å². The fourth-order valence-electron chi connectivity index (χ4n) is 1.87. The number of carbonyl (C=O) groups is 1. The van der Waals surface area contributed by atoms with E-state index in [1.807, 2.05) is 0 Å². The van der Waals surface area contributed by atoms with Crippen molar-refractivity contribution in [3.63, 3.8) is 0 Å². The maximum absolute atomic E-state index is 11.9. The molecular weight excluding hydrogens is 314 g/mol. The molecule has 0 radical (unpaired) electrons. The second kappa shape index (κ2) is 8.46. The van der Waals surface area contributed by atoms with E-state index in [0.717, 1.165) is 5.56 Å². The van der Waals surface area contributed by atoms with Crippen LogP contribution in [0.3, 0.4) is 0 Å². The topological polar surface area (TPSA) is 90.3 Å². The minimum Gasteiger partial charge on any atom is -0.341 e. The maximum Gasteiger partial charge on any atom is 0.246 e. The monoisotopic (exact) mass is 335 g/mol. The number of hydrogen-bond donors (Lipinski definition) is 1. The van der Waals surface area contributed by atoms with Gasteiger partial charge in [-0.3, -0.25) is 4.79 Å². The number of carbonyl (C=O) groups excluding carboxylic acids is 1. The molecule has 0 aromatic heterocycles. The second-order valence-corrected chi connectivity index (χ2v) is 6.92. The molecule has 0 spiro atoms. The van der Waals surface area contributed by atoms with Crippen LogP contribution in [-0.2, 0) is 14.8 Å². The van der Waals surface area contributed by atoms with Gasteiger partial charge in [0.25, 0.3) is 0 Å². The van der Waals surface area contributed by atoms with E-state index in [4.69, 9.17) is 5.26 Å². The number of nitrogens with zero attached hydrogens (tertiary/aromatic N) is 2. The summed E-state index contributed by atoms with van der Waals surface area (Å²) in [5.74, 6) is -0.440. The number of amides is 1. The molecule has 0 saturated carbocycles. The average Bonchev–Trinajstić information content (AvgIpc) is 2.52. The molecule has 0 aliphatic heterocycles. The van der Waals surface area contributed by atoms with Gasteiger partial charge in [0.2, 0.25) is 15.9 Å². The van der Waals surface area contributed by atoms with Crippen molar-refractivity contribution in [2.45, 2.75) is 18.7 Å². The Labute approximate surface area is 137 Å². The van der Waals surface area contributed by atoms with Crippen molar-refractivity contribution in [2.75, 3.05) is 20.1 Å². The van der Waals surface area contributed by atoms with Crippen LogP contribution in [0.2, 0.25) is 0 Å². The molecule has 23 heavy (non-hydrogen) atoms. The number of rotatable bonds is 7. The van der Waals surface area contributed by atoms with Crippen LogP contribution in [0, 0.1) is 17.2 Å². The number of sulfonamides is 1. The van der Waals surface area contributed by atoms with Crippen molar-refractivity contribution in [1.82, 2.24) is 9.62 Å². The first-order chi connectivity index (χ1) is 10.8. The lowest BCUT2D eigenvalue weighted by Gasteiger charge is -2.15. The first kappa shape index (κ1) is 18.9. The molecule has 1 amide bonds. The molecule has 124 valence electrons. The quantitative estimate of drug-likeness (QED) is 0.767. The van der Waals surface area contributed by atoms with E-state index >= 15 is 0 Å². The van der Waals surface area contributed by atoms with Gasteiger partial charge in [-0.1, -0.05) is 19.1 Å². The van der Waals surface area contributed by atoms with Crippen molar-refractivity contribution in [3.05, 3.63) is 35.9 Å². The molecule has 6 nitrogen and oxygen atoms in total. The first-order valence-corrected chi connectivity index (χ1v) is 8.71. The molecule has 0 fully saturated rings. The Morgan fingerprint density at radius 1 is 1.39 bits per heavy atom. The van der Waals surface area contributed by atoms with Crippen LogP contribution in [0.4, 0.5) is 0 Å². The lowest BCUT2D eigenvalue weighted by Crippen LogP contribution is -2.29. The highest BCUT2D eigenvalue weighted by molar-refractivity contribution is 7.89. The molecule has 1 aromatic carbocycles. The summed E-state index contributed by atoms with van der Waals surface area (Å²) in [4.78, 5) is 13.6. The summed E-state index contributed by atoms with van der Waals surface area (Å²) >= 11 is 0. The summed E-state index contributed by atoms with van der Waals surface area (Å²) in [6, 6.07) is 8.32. The summed E-state index contributed by atoms with van der Waals surface area (Å²) in [7, 11) is -1.84. The highest BCUT2D eigenvalue weighted by Crippen LogP contribution is 2.11. The third-order valence-electron chi connectivity index (χ3n) is 3.09. The molecule has 0 aliphatic carbocycles. The zero-order chi connectivity index (χ0) is 17.5. The van der Waals surface area contributed by atoms with Crippen LogP contribution in [0.25, 0.3) is 6.08 Å². The van der Waals surface area contributed by atoms with Gasteiger partial charge in [0.1, 0.15) is 0 Å². The van der Waals surface area contributed by atoms with E-state index in [-0.39, 0.29) is 16.7 Å².